The first-order valence-electron chi connectivity index (χ1n) is 6.41. The van der Waals surface area contributed by atoms with Crippen molar-refractivity contribution < 1.29 is 20.1 Å². The van der Waals surface area contributed by atoms with Gasteiger partial charge >= 0.3 is 0 Å². The first kappa shape index (κ1) is 14.0. The lowest BCUT2D eigenvalue weighted by Gasteiger charge is -2.13. The number of nitrogen functional groups attached to an aromatic ring is 1. The zero-order valence-electron chi connectivity index (χ0n) is 11.2. The second-order valence-electron chi connectivity index (χ2n) is 5.10. The molecule has 21 heavy (non-hydrogen) atoms. The molecule has 3 heterocycles. The van der Waals surface area contributed by atoms with Gasteiger partial charge in [0.2, 0.25) is 5.95 Å². The first-order chi connectivity index (χ1) is 9.93. The molecule has 0 aromatic carbocycles. The highest BCUT2D eigenvalue weighted by atomic mass is 16.6. The van der Waals surface area contributed by atoms with E-state index in [-0.39, 0.29) is 11.5 Å². The second kappa shape index (κ2) is 4.81. The van der Waals surface area contributed by atoms with Crippen molar-refractivity contribution in [3.8, 4) is 0 Å². The third-order valence-corrected chi connectivity index (χ3v) is 3.72. The molecule has 9 heteroatoms. The van der Waals surface area contributed by atoms with Gasteiger partial charge in [-0.3, -0.25) is 9.78 Å². The Bertz CT molecular complexity index is 739. The number of hydrogen-bond acceptors (Lipinski definition) is 7. The summed E-state index contributed by atoms with van der Waals surface area (Å²) in [5, 5.41) is 29.0. The van der Waals surface area contributed by atoms with Gasteiger partial charge in [0, 0.05) is 18.8 Å². The molecule has 1 aliphatic rings. The lowest BCUT2D eigenvalue weighted by Crippen LogP contribution is -2.32. The molecule has 0 spiro atoms. The Labute approximate surface area is 118 Å². The van der Waals surface area contributed by atoms with Crippen molar-refractivity contribution in [1.82, 2.24) is 14.5 Å². The molecule has 4 atom stereocenters. The van der Waals surface area contributed by atoms with Crippen LogP contribution in [0.1, 0.15) is 11.7 Å². The minimum absolute atomic E-state index is 0.0494. The van der Waals surface area contributed by atoms with E-state index in [0.717, 1.165) is 0 Å². The fourth-order valence-corrected chi connectivity index (χ4v) is 2.71. The van der Waals surface area contributed by atoms with Gasteiger partial charge in [-0.05, 0) is 0 Å². The van der Waals surface area contributed by atoms with Crippen LogP contribution in [0.5, 0.6) is 0 Å². The molecule has 0 aliphatic carbocycles. The van der Waals surface area contributed by atoms with Gasteiger partial charge in [0.25, 0.3) is 5.56 Å². The van der Waals surface area contributed by atoms with E-state index >= 15 is 0 Å². The number of nitrogens with one attached hydrogen (secondary N) is 1. The molecule has 0 bridgehead atoms. The van der Waals surface area contributed by atoms with Crippen LogP contribution in [0.4, 0.5) is 5.95 Å². The Morgan fingerprint density at radius 3 is 2.81 bits per heavy atom. The summed E-state index contributed by atoms with van der Waals surface area (Å²) in [6.45, 7) is -0.421. The van der Waals surface area contributed by atoms with Gasteiger partial charge in [0.05, 0.1) is 6.61 Å². The zero-order valence-corrected chi connectivity index (χ0v) is 11.2. The molecule has 1 fully saturated rings. The van der Waals surface area contributed by atoms with Crippen molar-refractivity contribution in [2.45, 2.75) is 24.4 Å². The lowest BCUT2D eigenvalue weighted by molar-refractivity contribution is -0.0224. The molecular weight excluding hydrogens is 280 g/mol. The first-order valence-corrected chi connectivity index (χ1v) is 6.41. The van der Waals surface area contributed by atoms with Crippen LogP contribution in [0.2, 0.25) is 0 Å². The molecule has 2 aromatic rings. The van der Waals surface area contributed by atoms with Crippen molar-refractivity contribution in [2.75, 3.05) is 12.3 Å². The van der Waals surface area contributed by atoms with Crippen LogP contribution in [0, 0.1) is 0 Å². The molecule has 1 saturated heterocycles. The highest BCUT2D eigenvalue weighted by Crippen LogP contribution is 2.36. The van der Waals surface area contributed by atoms with Crippen LogP contribution in [0.25, 0.3) is 11.0 Å². The van der Waals surface area contributed by atoms with Crippen molar-refractivity contribution in [3.05, 3.63) is 22.1 Å². The van der Waals surface area contributed by atoms with Crippen molar-refractivity contribution in [1.29, 1.82) is 0 Å². The molecule has 9 nitrogen and oxygen atoms in total. The largest absolute Gasteiger partial charge is 0.394 e. The highest BCUT2D eigenvalue weighted by Gasteiger charge is 2.44. The Kier molecular flexibility index (Phi) is 3.21. The summed E-state index contributed by atoms with van der Waals surface area (Å²) >= 11 is 0. The Balaban J connectivity index is 2.16. The number of aliphatic hydroxyl groups excluding tert-OH is 3. The predicted octanol–water partition coefficient (Wildman–Crippen LogP) is -2.00. The molecule has 0 amide bonds. The summed E-state index contributed by atoms with van der Waals surface area (Å²) in [6, 6.07) is 0. The number of aromatic amines is 1. The fourth-order valence-electron chi connectivity index (χ4n) is 2.71. The smallest absolute Gasteiger partial charge is 0.276 e. The normalized spacial score (nSPS) is 29.3. The third-order valence-electron chi connectivity index (χ3n) is 3.72. The number of aromatic nitrogens is 3. The summed E-state index contributed by atoms with van der Waals surface area (Å²) < 4.78 is 7.01. The summed E-state index contributed by atoms with van der Waals surface area (Å²) in [6.07, 6.45) is -2.63. The molecular formula is C12H16N4O5. The summed E-state index contributed by atoms with van der Waals surface area (Å²) in [4.78, 5) is 18.4. The summed E-state index contributed by atoms with van der Waals surface area (Å²) in [7, 11) is 1.65. The minimum atomic E-state index is -1.23. The molecule has 6 N–H and O–H groups in total. The number of H-pyrrole nitrogens is 1. The maximum Gasteiger partial charge on any atom is 0.276 e. The van der Waals surface area contributed by atoms with Crippen LogP contribution in [-0.2, 0) is 11.8 Å². The van der Waals surface area contributed by atoms with E-state index < -0.39 is 36.6 Å². The van der Waals surface area contributed by atoms with Crippen molar-refractivity contribution in [2.24, 2.45) is 7.05 Å². The Morgan fingerprint density at radius 2 is 2.19 bits per heavy atom. The fraction of sp³-hybridized carbons (Fsp3) is 0.500. The molecule has 1 aliphatic heterocycles. The topological polar surface area (TPSA) is 147 Å². The predicted molar refractivity (Wildman–Crippen MR) is 72.5 cm³/mol. The van der Waals surface area contributed by atoms with Gasteiger partial charge < -0.3 is 30.4 Å². The quantitative estimate of drug-likeness (QED) is 0.430. The maximum absolute atomic E-state index is 11.9. The molecule has 2 aromatic heterocycles. The number of aliphatic hydroxyl groups is 3. The number of nitrogens with two attached hydrogens (primary N) is 1. The van der Waals surface area contributed by atoms with E-state index in [2.05, 4.69) is 9.97 Å². The van der Waals surface area contributed by atoms with E-state index in [1.54, 1.807) is 17.8 Å². The number of ether oxygens (including phenoxy) is 1. The molecule has 0 saturated carbocycles. The van der Waals surface area contributed by atoms with E-state index in [9.17, 15) is 15.0 Å². The molecule has 0 unspecified atom stereocenters. The number of nitrogens with zero attached hydrogens (tertiary/aromatic N) is 2. The van der Waals surface area contributed by atoms with Gasteiger partial charge in [0.15, 0.2) is 0 Å². The van der Waals surface area contributed by atoms with Crippen molar-refractivity contribution in [3.63, 3.8) is 0 Å². The van der Waals surface area contributed by atoms with Gasteiger partial charge in [-0.15, -0.1) is 0 Å². The average molecular weight is 296 g/mol. The molecule has 0 radical (unpaired) electrons. The Morgan fingerprint density at radius 1 is 1.48 bits per heavy atom. The van der Waals surface area contributed by atoms with Gasteiger partial charge in [-0.2, -0.15) is 0 Å². The Hall–Kier alpha value is -1.94. The number of rotatable bonds is 2. The molecule has 114 valence electrons. The van der Waals surface area contributed by atoms with Crippen LogP contribution in [0.3, 0.4) is 0 Å². The summed E-state index contributed by atoms with van der Waals surface area (Å²) in [5.74, 6) is -0.0494. The van der Waals surface area contributed by atoms with Crippen LogP contribution in [0.15, 0.2) is 11.0 Å². The maximum atomic E-state index is 11.9. The van der Waals surface area contributed by atoms with Gasteiger partial charge in [-0.1, -0.05) is 0 Å². The van der Waals surface area contributed by atoms with Crippen LogP contribution >= 0.6 is 0 Å². The number of hydrogen-bond donors (Lipinski definition) is 5. The number of fused-ring (bicyclic) bond motifs is 1. The van der Waals surface area contributed by atoms with E-state index in [1.807, 2.05) is 0 Å². The second-order valence-corrected chi connectivity index (χ2v) is 5.10. The van der Waals surface area contributed by atoms with Crippen molar-refractivity contribution >= 4 is 17.0 Å². The number of aryl methyl sites for hydroxylation is 1. The van der Waals surface area contributed by atoms with Gasteiger partial charge in [-0.25, -0.2) is 4.98 Å². The van der Waals surface area contributed by atoms with E-state index in [0.29, 0.717) is 11.1 Å². The van der Waals surface area contributed by atoms with Crippen LogP contribution < -0.4 is 11.3 Å². The third kappa shape index (κ3) is 2.02. The minimum Gasteiger partial charge on any atom is -0.394 e. The average Bonchev–Trinajstić information content (AvgIpc) is 2.89. The van der Waals surface area contributed by atoms with Crippen LogP contribution in [-0.4, -0.2) is 54.8 Å². The van der Waals surface area contributed by atoms with E-state index in [1.165, 1.54) is 0 Å². The van der Waals surface area contributed by atoms with Gasteiger partial charge in [0.1, 0.15) is 35.4 Å². The van der Waals surface area contributed by atoms with E-state index in [4.69, 9.17) is 15.6 Å². The summed E-state index contributed by atoms with van der Waals surface area (Å²) in [5.41, 5.74) is 6.17. The molecule has 3 rings (SSSR count). The zero-order chi connectivity index (χ0) is 15.3. The SMILES string of the molecule is Cn1cc([C@@H]2O[C@H](CO)[C@@H](O)[C@H]2O)c2nc(N)[nH]c(=O)c21. The lowest BCUT2D eigenvalue weighted by atomic mass is 10.0. The highest BCUT2D eigenvalue weighted by molar-refractivity contribution is 5.80. The standard InChI is InChI=1S/C12H16N4O5/c1-16-2-4(6-7(16)11(20)15-12(13)14-6)10-9(19)8(18)5(3-17)21-10/h2,5,8-10,17-19H,3H2,1H3,(H3,13,14,15,20)/t5-,8-,9-,10+/m1/s1. The monoisotopic (exact) mass is 296 g/mol. The number of anilines is 1.